The van der Waals surface area contributed by atoms with E-state index in [1.54, 1.807) is 0 Å². The number of nitrogens with one attached hydrogen (secondary N) is 2. The standard InChI is InChI=1S/C22H36N2O6/c25-21(23-9-3-5-11-27-13-17-15-29-17)19-7-1-2-8-20(19)22(26)24-10-4-6-12-28-14-18-16-30-18/h17-18H,1-16H2,(H,23,25)(H,24,26). The summed E-state index contributed by atoms with van der Waals surface area (Å²) in [5, 5.41) is 5.94. The van der Waals surface area contributed by atoms with Crippen molar-refractivity contribution in [2.75, 3.05) is 52.7 Å². The van der Waals surface area contributed by atoms with Gasteiger partial charge in [-0.05, 0) is 51.4 Å². The van der Waals surface area contributed by atoms with Gasteiger partial charge in [-0.15, -0.1) is 0 Å². The summed E-state index contributed by atoms with van der Waals surface area (Å²) in [6.07, 6.45) is 7.38. The second-order valence-corrected chi connectivity index (χ2v) is 8.15. The van der Waals surface area contributed by atoms with Crippen molar-refractivity contribution in [3.63, 3.8) is 0 Å². The number of rotatable bonds is 16. The summed E-state index contributed by atoms with van der Waals surface area (Å²) in [7, 11) is 0. The third kappa shape index (κ3) is 9.12. The fourth-order valence-corrected chi connectivity index (χ4v) is 3.44. The summed E-state index contributed by atoms with van der Waals surface area (Å²) in [6.45, 7) is 5.54. The lowest BCUT2D eigenvalue weighted by molar-refractivity contribution is -0.120. The van der Waals surface area contributed by atoms with Gasteiger partial charge >= 0.3 is 0 Å². The van der Waals surface area contributed by atoms with Gasteiger partial charge < -0.3 is 29.6 Å². The smallest absolute Gasteiger partial charge is 0.247 e. The highest BCUT2D eigenvalue weighted by atomic mass is 16.6. The zero-order valence-corrected chi connectivity index (χ0v) is 17.9. The molecule has 1 aliphatic carbocycles. The maximum Gasteiger partial charge on any atom is 0.247 e. The first-order chi connectivity index (χ1) is 14.7. The molecule has 3 aliphatic rings. The lowest BCUT2D eigenvalue weighted by Crippen LogP contribution is -2.33. The van der Waals surface area contributed by atoms with Crippen LogP contribution < -0.4 is 10.6 Å². The third-order valence-electron chi connectivity index (χ3n) is 5.43. The van der Waals surface area contributed by atoms with Crippen molar-refractivity contribution in [2.45, 2.75) is 63.6 Å². The predicted molar refractivity (Wildman–Crippen MR) is 111 cm³/mol. The molecule has 0 aromatic heterocycles. The van der Waals surface area contributed by atoms with Crippen LogP contribution in [0.25, 0.3) is 0 Å². The van der Waals surface area contributed by atoms with E-state index in [1.165, 1.54) is 0 Å². The van der Waals surface area contributed by atoms with Crippen LogP contribution in [0.1, 0.15) is 51.4 Å². The van der Waals surface area contributed by atoms with Crippen LogP contribution in [0.4, 0.5) is 0 Å². The first-order valence-corrected chi connectivity index (χ1v) is 11.4. The molecule has 2 amide bonds. The topological polar surface area (TPSA) is 102 Å². The second kappa shape index (κ2) is 13.0. The molecule has 3 rings (SSSR count). The summed E-state index contributed by atoms with van der Waals surface area (Å²) >= 11 is 0. The van der Waals surface area contributed by atoms with E-state index in [0.717, 1.165) is 51.7 Å². The number of hydrogen-bond acceptors (Lipinski definition) is 6. The minimum atomic E-state index is -0.0946. The van der Waals surface area contributed by atoms with Crippen LogP contribution in [0.5, 0.6) is 0 Å². The number of epoxide rings is 2. The molecule has 0 aromatic rings. The Bertz CT molecular complexity index is 536. The summed E-state index contributed by atoms with van der Waals surface area (Å²) in [5.74, 6) is -0.189. The molecule has 0 radical (unpaired) electrons. The highest BCUT2D eigenvalue weighted by molar-refractivity contribution is 6.04. The SMILES string of the molecule is O=C(NCCCCOCC1CO1)C1=C(C(=O)NCCCCOCC2CO2)CCCC1. The Kier molecular flexibility index (Phi) is 10.1. The molecule has 8 nitrogen and oxygen atoms in total. The van der Waals surface area contributed by atoms with E-state index in [1.807, 2.05) is 0 Å². The van der Waals surface area contributed by atoms with Crippen molar-refractivity contribution >= 4 is 11.8 Å². The zero-order valence-electron chi connectivity index (χ0n) is 17.9. The van der Waals surface area contributed by atoms with Crippen LogP contribution in [0.15, 0.2) is 11.1 Å². The summed E-state index contributed by atoms with van der Waals surface area (Å²) in [6, 6.07) is 0. The van der Waals surface area contributed by atoms with Gasteiger partial charge in [0, 0.05) is 37.4 Å². The molecule has 30 heavy (non-hydrogen) atoms. The van der Waals surface area contributed by atoms with Gasteiger partial charge in [-0.2, -0.15) is 0 Å². The number of unbranched alkanes of at least 4 members (excludes halogenated alkanes) is 2. The monoisotopic (exact) mass is 424 g/mol. The van der Waals surface area contributed by atoms with Crippen LogP contribution >= 0.6 is 0 Å². The first-order valence-electron chi connectivity index (χ1n) is 11.4. The highest BCUT2D eigenvalue weighted by Gasteiger charge is 2.24. The van der Waals surface area contributed by atoms with Crippen molar-refractivity contribution in [3.8, 4) is 0 Å². The molecule has 2 heterocycles. The van der Waals surface area contributed by atoms with Crippen molar-refractivity contribution in [2.24, 2.45) is 0 Å². The van der Waals surface area contributed by atoms with Crippen LogP contribution in [-0.4, -0.2) is 76.8 Å². The Morgan fingerprint density at radius 3 is 1.60 bits per heavy atom. The largest absolute Gasteiger partial charge is 0.379 e. The van der Waals surface area contributed by atoms with Crippen LogP contribution in [0, 0.1) is 0 Å². The molecule has 0 spiro atoms. The number of ether oxygens (including phenoxy) is 4. The Balaban J connectivity index is 1.28. The Labute approximate surface area is 179 Å². The van der Waals surface area contributed by atoms with E-state index in [-0.39, 0.29) is 11.8 Å². The molecule has 0 saturated carbocycles. The lowest BCUT2D eigenvalue weighted by Gasteiger charge is -2.19. The van der Waals surface area contributed by atoms with Gasteiger partial charge in [0.15, 0.2) is 0 Å². The minimum Gasteiger partial charge on any atom is -0.379 e. The van der Waals surface area contributed by atoms with Gasteiger partial charge in [0.25, 0.3) is 0 Å². The average Bonchev–Trinajstić information content (AvgIpc) is 3.67. The van der Waals surface area contributed by atoms with Crippen LogP contribution in [0.2, 0.25) is 0 Å². The van der Waals surface area contributed by atoms with Gasteiger partial charge in [0.2, 0.25) is 11.8 Å². The van der Waals surface area contributed by atoms with Crippen molar-refractivity contribution in [3.05, 3.63) is 11.1 Å². The Morgan fingerprint density at radius 2 is 1.20 bits per heavy atom. The fourth-order valence-electron chi connectivity index (χ4n) is 3.44. The van der Waals surface area contributed by atoms with E-state index >= 15 is 0 Å². The molecule has 0 aromatic carbocycles. The molecule has 2 aliphatic heterocycles. The summed E-state index contributed by atoms with van der Waals surface area (Å²) < 4.78 is 21.2. The van der Waals surface area contributed by atoms with Gasteiger partial charge in [0.05, 0.1) is 26.4 Å². The Hall–Kier alpha value is -1.48. The molecule has 2 N–H and O–H groups in total. The van der Waals surface area contributed by atoms with Gasteiger partial charge in [-0.1, -0.05) is 0 Å². The Morgan fingerprint density at radius 1 is 0.767 bits per heavy atom. The maximum absolute atomic E-state index is 12.6. The molecule has 2 saturated heterocycles. The number of carbonyl (C=O) groups excluding carboxylic acids is 2. The molecule has 2 atom stereocenters. The second-order valence-electron chi connectivity index (χ2n) is 8.15. The van der Waals surface area contributed by atoms with Crippen molar-refractivity contribution < 1.29 is 28.5 Å². The fraction of sp³-hybridized carbons (Fsp3) is 0.818. The van der Waals surface area contributed by atoms with E-state index in [2.05, 4.69) is 10.6 Å². The summed E-state index contributed by atoms with van der Waals surface area (Å²) in [4.78, 5) is 25.2. The number of carbonyl (C=O) groups is 2. The van der Waals surface area contributed by atoms with Gasteiger partial charge in [-0.3, -0.25) is 9.59 Å². The predicted octanol–water partition coefficient (Wildman–Crippen LogP) is 1.48. The number of amides is 2. The highest BCUT2D eigenvalue weighted by Crippen LogP contribution is 2.25. The number of hydrogen-bond donors (Lipinski definition) is 2. The average molecular weight is 425 g/mol. The van der Waals surface area contributed by atoms with Crippen molar-refractivity contribution in [1.82, 2.24) is 10.6 Å². The third-order valence-corrected chi connectivity index (χ3v) is 5.43. The zero-order chi connectivity index (χ0) is 21.0. The van der Waals surface area contributed by atoms with Gasteiger partial charge in [-0.25, -0.2) is 0 Å². The molecule has 8 heteroatoms. The molecular weight excluding hydrogens is 388 g/mol. The van der Waals surface area contributed by atoms with Crippen LogP contribution in [0.3, 0.4) is 0 Å². The first kappa shape index (κ1) is 23.2. The van der Waals surface area contributed by atoms with Crippen LogP contribution in [-0.2, 0) is 28.5 Å². The normalized spacial score (nSPS) is 22.7. The van der Waals surface area contributed by atoms with E-state index in [9.17, 15) is 9.59 Å². The summed E-state index contributed by atoms with van der Waals surface area (Å²) in [5.41, 5.74) is 1.32. The quantitative estimate of drug-likeness (QED) is 0.287. The molecule has 2 unspecified atom stereocenters. The minimum absolute atomic E-state index is 0.0946. The van der Waals surface area contributed by atoms with Crippen molar-refractivity contribution in [1.29, 1.82) is 0 Å². The van der Waals surface area contributed by atoms with Gasteiger partial charge in [0.1, 0.15) is 12.2 Å². The molecular formula is C22H36N2O6. The molecule has 170 valence electrons. The van der Waals surface area contributed by atoms with E-state index in [0.29, 0.717) is 75.7 Å². The molecule has 0 bridgehead atoms. The van der Waals surface area contributed by atoms with E-state index in [4.69, 9.17) is 18.9 Å². The lowest BCUT2D eigenvalue weighted by atomic mass is 9.90. The van der Waals surface area contributed by atoms with E-state index < -0.39 is 0 Å². The maximum atomic E-state index is 12.6. The molecule has 2 fully saturated rings.